The fraction of sp³-hybridized carbons (Fsp3) is 0. The first-order valence-corrected chi connectivity index (χ1v) is 6.65. The lowest BCUT2D eigenvalue weighted by Gasteiger charge is -2.21. The average molecular weight is 269 g/mol. The van der Waals surface area contributed by atoms with Gasteiger partial charge in [0.1, 0.15) is 45.0 Å². The second kappa shape index (κ2) is 5.35. The molecule has 0 saturated carbocycles. The van der Waals surface area contributed by atoms with Gasteiger partial charge in [-0.15, -0.1) is 16.4 Å². The van der Waals surface area contributed by atoms with Gasteiger partial charge in [0, 0.05) is 5.39 Å². The first-order chi connectivity index (χ1) is 10.4. The second-order valence-corrected chi connectivity index (χ2v) is 5.16. The molecule has 0 fully saturated rings. The maximum absolute atomic E-state index is 10.2. The van der Waals surface area contributed by atoms with Crippen LogP contribution < -0.4 is 27.3 Å². The van der Waals surface area contributed by atoms with Gasteiger partial charge in [-0.25, -0.2) is 0 Å². The van der Waals surface area contributed by atoms with Crippen LogP contribution in [-0.4, -0.2) is 44.3 Å². The second-order valence-electron chi connectivity index (χ2n) is 5.16. The van der Waals surface area contributed by atoms with Crippen LogP contribution in [0, 0.1) is 0 Å². The van der Waals surface area contributed by atoms with E-state index in [1.54, 1.807) is 6.07 Å². The topological polar surface area (TPSA) is 20.2 Å². The highest BCUT2D eigenvalue weighted by Gasteiger charge is 2.13. The Balaban J connectivity index is 2.38. The van der Waals surface area contributed by atoms with Crippen LogP contribution in [0.3, 0.4) is 0 Å². The molecule has 0 aliphatic heterocycles. The van der Waals surface area contributed by atoms with Gasteiger partial charge in [-0.3, -0.25) is 0 Å². The van der Waals surface area contributed by atoms with Crippen molar-refractivity contribution < 1.29 is 5.11 Å². The molecule has 3 rings (SSSR count). The number of aromatic hydroxyl groups is 1. The van der Waals surface area contributed by atoms with E-state index >= 15 is 0 Å². The van der Waals surface area contributed by atoms with E-state index in [-0.39, 0.29) is 33.1 Å². The SMILES string of the molecule is [B]c1c([B])c([B])c(-c2cc(O)c3ccccc3c2)c([B])c1[B]. The molecule has 0 aliphatic rings. The van der Waals surface area contributed by atoms with Crippen LogP contribution in [0.5, 0.6) is 5.75 Å². The molecule has 1 N–H and O–H groups in total. The van der Waals surface area contributed by atoms with Gasteiger partial charge >= 0.3 is 0 Å². The van der Waals surface area contributed by atoms with E-state index < -0.39 is 0 Å². The predicted octanol–water partition coefficient (Wildman–Crippen LogP) is -1.82. The highest BCUT2D eigenvalue weighted by Crippen LogP contribution is 2.30. The molecular formula is C16H7B5O. The summed E-state index contributed by atoms with van der Waals surface area (Å²) in [7, 11) is 29.7. The Bertz CT molecular complexity index is 876. The number of hydrogen-bond donors (Lipinski definition) is 1. The van der Waals surface area contributed by atoms with Gasteiger partial charge in [-0.1, -0.05) is 35.2 Å². The summed E-state index contributed by atoms with van der Waals surface area (Å²) in [6.07, 6.45) is 0. The maximum atomic E-state index is 10.2. The third-order valence-corrected chi connectivity index (χ3v) is 3.83. The Kier molecular flexibility index (Phi) is 3.64. The van der Waals surface area contributed by atoms with E-state index in [2.05, 4.69) is 0 Å². The van der Waals surface area contributed by atoms with Crippen molar-refractivity contribution in [2.24, 2.45) is 0 Å². The molecule has 0 spiro atoms. The number of phenols is 1. The Morgan fingerprint density at radius 3 is 1.86 bits per heavy atom. The molecule has 0 amide bonds. The molecule has 0 heterocycles. The van der Waals surface area contributed by atoms with Gasteiger partial charge in [0.25, 0.3) is 0 Å². The Morgan fingerprint density at radius 2 is 1.23 bits per heavy atom. The molecule has 0 bridgehead atoms. The van der Waals surface area contributed by atoms with E-state index in [1.807, 2.05) is 30.3 Å². The molecule has 0 aromatic heterocycles. The van der Waals surface area contributed by atoms with Crippen LogP contribution in [-0.2, 0) is 0 Å². The summed E-state index contributed by atoms with van der Waals surface area (Å²) < 4.78 is 0. The summed E-state index contributed by atoms with van der Waals surface area (Å²) in [5, 5.41) is 11.8. The van der Waals surface area contributed by atoms with Crippen molar-refractivity contribution in [2.45, 2.75) is 0 Å². The van der Waals surface area contributed by atoms with Crippen LogP contribution in [0.25, 0.3) is 21.9 Å². The smallest absolute Gasteiger partial charge is 0.124 e. The van der Waals surface area contributed by atoms with E-state index in [9.17, 15) is 5.11 Å². The molecule has 10 radical (unpaired) electrons. The molecular weight excluding hydrogens is 262 g/mol. The molecule has 3 aromatic rings. The number of hydrogen-bond acceptors (Lipinski definition) is 1. The highest BCUT2D eigenvalue weighted by atomic mass is 16.3. The first-order valence-electron chi connectivity index (χ1n) is 6.65. The van der Waals surface area contributed by atoms with E-state index in [1.165, 1.54) is 0 Å². The summed E-state index contributed by atoms with van der Waals surface area (Å²) in [4.78, 5) is 0. The fourth-order valence-corrected chi connectivity index (χ4v) is 2.60. The average Bonchev–Trinajstić information content (AvgIpc) is 2.51. The van der Waals surface area contributed by atoms with Crippen molar-refractivity contribution in [1.82, 2.24) is 0 Å². The summed E-state index contributed by atoms with van der Waals surface area (Å²) in [6, 6.07) is 10.9. The minimum absolute atomic E-state index is 0.126. The van der Waals surface area contributed by atoms with Crippen molar-refractivity contribution in [3.05, 3.63) is 36.4 Å². The van der Waals surface area contributed by atoms with Gasteiger partial charge in [-0.2, -0.15) is 0 Å². The monoisotopic (exact) mass is 270 g/mol. The van der Waals surface area contributed by atoms with Crippen molar-refractivity contribution in [1.29, 1.82) is 0 Å². The van der Waals surface area contributed by atoms with Crippen LogP contribution in [0.4, 0.5) is 0 Å². The zero-order valence-corrected chi connectivity index (χ0v) is 11.8. The molecule has 1 nitrogen and oxygen atoms in total. The van der Waals surface area contributed by atoms with Crippen molar-refractivity contribution in [3.8, 4) is 16.9 Å². The number of fused-ring (bicyclic) bond motifs is 1. The van der Waals surface area contributed by atoms with Gasteiger partial charge in [-0.05, 0) is 28.6 Å². The third kappa shape index (κ3) is 2.18. The Labute approximate surface area is 136 Å². The van der Waals surface area contributed by atoms with Gasteiger partial charge in [0.2, 0.25) is 0 Å². The lowest BCUT2D eigenvalue weighted by Crippen LogP contribution is -2.55. The van der Waals surface area contributed by atoms with Crippen molar-refractivity contribution in [3.63, 3.8) is 0 Å². The summed E-state index contributed by atoms with van der Waals surface area (Å²) >= 11 is 0. The molecule has 0 unspecified atom stereocenters. The zero-order chi connectivity index (χ0) is 16.0. The maximum Gasteiger partial charge on any atom is 0.124 e. The third-order valence-electron chi connectivity index (χ3n) is 3.83. The lowest BCUT2D eigenvalue weighted by atomic mass is 9.59. The lowest BCUT2D eigenvalue weighted by molar-refractivity contribution is 0.482. The van der Waals surface area contributed by atoms with Gasteiger partial charge in [0.05, 0.1) is 0 Å². The van der Waals surface area contributed by atoms with Crippen LogP contribution in [0.15, 0.2) is 36.4 Å². The fourth-order valence-electron chi connectivity index (χ4n) is 2.60. The van der Waals surface area contributed by atoms with Crippen molar-refractivity contribution >= 4 is 77.3 Å². The summed E-state index contributed by atoms with van der Waals surface area (Å²) in [6.45, 7) is 0. The zero-order valence-electron chi connectivity index (χ0n) is 11.8. The number of phenolic OH excluding ortho intramolecular Hbond substituents is 1. The molecule has 92 valence electrons. The predicted molar refractivity (Wildman–Crippen MR) is 98.0 cm³/mol. The van der Waals surface area contributed by atoms with E-state index in [4.69, 9.17) is 39.2 Å². The van der Waals surface area contributed by atoms with Crippen LogP contribution >= 0.6 is 0 Å². The Hall–Kier alpha value is -1.96. The minimum atomic E-state index is 0.126. The molecule has 3 aromatic carbocycles. The minimum Gasteiger partial charge on any atom is -0.507 e. The summed E-state index contributed by atoms with van der Waals surface area (Å²) in [5.41, 5.74) is 2.15. The molecule has 6 heteroatoms. The largest absolute Gasteiger partial charge is 0.507 e. The molecule has 22 heavy (non-hydrogen) atoms. The summed E-state index contributed by atoms with van der Waals surface area (Å²) in [5.74, 6) is 0.126. The van der Waals surface area contributed by atoms with E-state index in [0.717, 1.165) is 10.8 Å². The standard InChI is InChI=1S/C16H7B5O/c17-12-11(13(18)15(20)16(21)14(12)19)8-5-7-3-1-2-4-9(7)10(22)6-8/h1-6,22H. The normalized spacial score (nSPS) is 10.9. The number of rotatable bonds is 1. The quantitative estimate of drug-likeness (QED) is 0.516. The number of benzene rings is 3. The first kappa shape index (κ1) is 15.0. The van der Waals surface area contributed by atoms with Crippen LogP contribution in [0.1, 0.15) is 0 Å². The van der Waals surface area contributed by atoms with Gasteiger partial charge in [0.15, 0.2) is 0 Å². The Morgan fingerprint density at radius 1 is 0.682 bits per heavy atom. The van der Waals surface area contributed by atoms with Crippen molar-refractivity contribution in [2.75, 3.05) is 0 Å². The molecule has 0 atom stereocenters. The molecule has 0 aliphatic carbocycles. The molecule has 0 saturated heterocycles. The highest BCUT2D eigenvalue weighted by molar-refractivity contribution is 6.68. The van der Waals surface area contributed by atoms with E-state index in [0.29, 0.717) is 11.1 Å². The van der Waals surface area contributed by atoms with Crippen LogP contribution in [0.2, 0.25) is 0 Å². The van der Waals surface area contributed by atoms with Gasteiger partial charge < -0.3 is 5.11 Å².